The zero-order chi connectivity index (χ0) is 14.8. The molecule has 0 aromatic heterocycles. The molecule has 1 amide bonds. The number of benzene rings is 1. The molecule has 0 aliphatic heterocycles. The number of carbonyl (C=O) groups is 2. The van der Waals surface area contributed by atoms with E-state index >= 15 is 0 Å². The van der Waals surface area contributed by atoms with Crippen molar-refractivity contribution in [3.63, 3.8) is 0 Å². The number of nitrogens with one attached hydrogen (secondary N) is 1. The van der Waals surface area contributed by atoms with E-state index in [0.717, 1.165) is 12.8 Å². The van der Waals surface area contributed by atoms with Gasteiger partial charge in [0.2, 0.25) is 0 Å². The summed E-state index contributed by atoms with van der Waals surface area (Å²) >= 11 is 0. The number of ether oxygens (including phenoxy) is 1. The van der Waals surface area contributed by atoms with Gasteiger partial charge in [-0.2, -0.15) is 0 Å². The highest BCUT2D eigenvalue weighted by molar-refractivity contribution is 5.96. The van der Waals surface area contributed by atoms with E-state index in [4.69, 9.17) is 9.84 Å². The topological polar surface area (TPSA) is 75.6 Å². The molecule has 0 fully saturated rings. The molecule has 0 heterocycles. The van der Waals surface area contributed by atoms with Gasteiger partial charge >= 0.3 is 5.97 Å². The Labute approximate surface area is 118 Å². The van der Waals surface area contributed by atoms with E-state index < -0.39 is 11.9 Å². The molecule has 0 radical (unpaired) electrons. The van der Waals surface area contributed by atoms with Gasteiger partial charge in [-0.1, -0.05) is 32.3 Å². The highest BCUT2D eigenvalue weighted by Gasteiger charge is 2.07. The van der Waals surface area contributed by atoms with Crippen molar-refractivity contribution >= 4 is 11.9 Å². The first kappa shape index (κ1) is 16.0. The van der Waals surface area contributed by atoms with Gasteiger partial charge in [0.1, 0.15) is 12.3 Å². The maximum absolute atomic E-state index is 11.7. The van der Waals surface area contributed by atoms with E-state index in [1.807, 2.05) is 0 Å². The number of carbonyl (C=O) groups excluding carboxylic acids is 1. The molecule has 0 saturated heterocycles. The summed E-state index contributed by atoms with van der Waals surface area (Å²) < 4.78 is 5.57. The molecular formula is C15H21NO4. The summed E-state index contributed by atoms with van der Waals surface area (Å²) in [4.78, 5) is 22.1. The zero-order valence-corrected chi connectivity index (χ0v) is 11.7. The van der Waals surface area contributed by atoms with E-state index in [1.165, 1.54) is 12.8 Å². The molecule has 110 valence electrons. The lowest BCUT2D eigenvalue weighted by molar-refractivity contribution is -0.135. The van der Waals surface area contributed by atoms with Gasteiger partial charge in [-0.05, 0) is 24.6 Å². The van der Waals surface area contributed by atoms with Gasteiger partial charge < -0.3 is 15.2 Å². The third-order valence-electron chi connectivity index (χ3n) is 2.76. The summed E-state index contributed by atoms with van der Waals surface area (Å²) in [5, 5.41) is 10.8. The van der Waals surface area contributed by atoms with Crippen LogP contribution in [0, 0.1) is 0 Å². The van der Waals surface area contributed by atoms with Gasteiger partial charge in [-0.3, -0.25) is 9.59 Å². The lowest BCUT2D eigenvalue weighted by Gasteiger charge is -2.08. The number of carboxylic acids is 1. The molecular weight excluding hydrogens is 258 g/mol. The summed E-state index contributed by atoms with van der Waals surface area (Å²) in [6, 6.07) is 6.75. The third kappa shape index (κ3) is 6.22. The van der Waals surface area contributed by atoms with Gasteiger partial charge in [0.05, 0.1) is 6.61 Å². The molecule has 0 unspecified atom stereocenters. The SMILES string of the molecule is CCCCCCOc1cccc(C(=O)NCC(=O)O)c1. The van der Waals surface area contributed by atoms with Crippen LogP contribution in [0.5, 0.6) is 5.75 Å². The minimum absolute atomic E-state index is 0.388. The molecule has 0 aliphatic carbocycles. The Kier molecular flexibility index (Phi) is 7.17. The van der Waals surface area contributed by atoms with Crippen LogP contribution >= 0.6 is 0 Å². The fraction of sp³-hybridized carbons (Fsp3) is 0.467. The highest BCUT2D eigenvalue weighted by Crippen LogP contribution is 2.14. The summed E-state index contributed by atoms with van der Waals surface area (Å²) in [6.45, 7) is 2.39. The Hall–Kier alpha value is -2.04. The number of hydrogen-bond donors (Lipinski definition) is 2. The average Bonchev–Trinajstić information content (AvgIpc) is 2.45. The van der Waals surface area contributed by atoms with E-state index in [1.54, 1.807) is 24.3 Å². The largest absolute Gasteiger partial charge is 0.494 e. The fourth-order valence-corrected chi connectivity index (χ4v) is 1.70. The molecule has 20 heavy (non-hydrogen) atoms. The first-order valence-corrected chi connectivity index (χ1v) is 6.86. The van der Waals surface area contributed by atoms with Crippen LogP contribution in [0.4, 0.5) is 0 Å². The summed E-state index contributed by atoms with van der Waals surface area (Å²) in [6.07, 6.45) is 4.50. The predicted molar refractivity (Wildman–Crippen MR) is 76.0 cm³/mol. The lowest BCUT2D eigenvalue weighted by atomic mass is 10.2. The fourth-order valence-electron chi connectivity index (χ4n) is 1.70. The number of rotatable bonds is 9. The monoisotopic (exact) mass is 279 g/mol. The van der Waals surface area contributed by atoms with Crippen LogP contribution in [-0.2, 0) is 4.79 Å². The second-order valence-corrected chi connectivity index (χ2v) is 4.51. The summed E-state index contributed by atoms with van der Waals surface area (Å²) in [5.41, 5.74) is 0.400. The quantitative estimate of drug-likeness (QED) is 0.681. The molecule has 0 spiro atoms. The van der Waals surface area contributed by atoms with Crippen LogP contribution in [0.2, 0.25) is 0 Å². The van der Waals surface area contributed by atoms with E-state index in [9.17, 15) is 9.59 Å². The highest BCUT2D eigenvalue weighted by atomic mass is 16.5. The van der Waals surface area contributed by atoms with Crippen LogP contribution in [0.1, 0.15) is 43.0 Å². The summed E-state index contributed by atoms with van der Waals surface area (Å²) in [5.74, 6) is -0.852. The Bertz CT molecular complexity index is 445. The van der Waals surface area contributed by atoms with Crippen LogP contribution < -0.4 is 10.1 Å². The van der Waals surface area contributed by atoms with Crippen molar-refractivity contribution in [1.82, 2.24) is 5.32 Å². The van der Waals surface area contributed by atoms with Crippen molar-refractivity contribution < 1.29 is 19.4 Å². The van der Waals surface area contributed by atoms with E-state index in [-0.39, 0.29) is 6.54 Å². The van der Waals surface area contributed by atoms with Crippen LogP contribution in [-0.4, -0.2) is 30.1 Å². The smallest absolute Gasteiger partial charge is 0.322 e. The number of amides is 1. The predicted octanol–water partition coefficient (Wildman–Crippen LogP) is 2.46. The standard InChI is InChI=1S/C15H21NO4/c1-2-3-4-5-9-20-13-8-6-7-12(10-13)15(19)16-11-14(17)18/h6-8,10H,2-5,9,11H2,1H3,(H,16,19)(H,17,18). The molecule has 1 rings (SSSR count). The maximum atomic E-state index is 11.7. The van der Waals surface area contributed by atoms with Crippen LogP contribution in [0.15, 0.2) is 24.3 Å². The van der Waals surface area contributed by atoms with Crippen molar-refractivity contribution in [2.75, 3.05) is 13.2 Å². The number of hydrogen-bond acceptors (Lipinski definition) is 3. The zero-order valence-electron chi connectivity index (χ0n) is 11.7. The second-order valence-electron chi connectivity index (χ2n) is 4.51. The van der Waals surface area contributed by atoms with Crippen molar-refractivity contribution in [3.8, 4) is 5.75 Å². The van der Waals surface area contributed by atoms with Gasteiger partial charge in [0.15, 0.2) is 0 Å². The number of carboxylic acid groups (broad SMARTS) is 1. The van der Waals surface area contributed by atoms with Gasteiger partial charge in [-0.15, -0.1) is 0 Å². The maximum Gasteiger partial charge on any atom is 0.322 e. The van der Waals surface area contributed by atoms with Crippen LogP contribution in [0.25, 0.3) is 0 Å². The average molecular weight is 279 g/mol. The molecule has 0 atom stereocenters. The molecule has 0 saturated carbocycles. The molecule has 0 bridgehead atoms. The molecule has 2 N–H and O–H groups in total. The van der Waals surface area contributed by atoms with E-state index in [2.05, 4.69) is 12.2 Å². The van der Waals surface area contributed by atoms with Crippen molar-refractivity contribution in [3.05, 3.63) is 29.8 Å². The number of aliphatic carboxylic acids is 1. The first-order valence-electron chi connectivity index (χ1n) is 6.86. The number of unbranched alkanes of at least 4 members (excludes halogenated alkanes) is 3. The third-order valence-corrected chi connectivity index (χ3v) is 2.76. The Balaban J connectivity index is 2.44. The molecule has 0 aliphatic rings. The Morgan fingerprint density at radius 3 is 2.75 bits per heavy atom. The lowest BCUT2D eigenvalue weighted by Crippen LogP contribution is -2.29. The molecule has 5 nitrogen and oxygen atoms in total. The van der Waals surface area contributed by atoms with Crippen molar-refractivity contribution in [1.29, 1.82) is 0 Å². The van der Waals surface area contributed by atoms with Gasteiger partial charge in [-0.25, -0.2) is 0 Å². The van der Waals surface area contributed by atoms with E-state index in [0.29, 0.717) is 17.9 Å². The Morgan fingerprint density at radius 2 is 2.05 bits per heavy atom. The second kappa shape index (κ2) is 8.96. The minimum Gasteiger partial charge on any atom is -0.494 e. The van der Waals surface area contributed by atoms with Crippen molar-refractivity contribution in [2.45, 2.75) is 32.6 Å². The first-order chi connectivity index (χ1) is 9.63. The molecule has 5 heteroatoms. The van der Waals surface area contributed by atoms with Crippen LogP contribution in [0.3, 0.4) is 0 Å². The normalized spacial score (nSPS) is 10.1. The summed E-state index contributed by atoms with van der Waals surface area (Å²) in [7, 11) is 0. The Morgan fingerprint density at radius 1 is 1.25 bits per heavy atom. The van der Waals surface area contributed by atoms with Crippen molar-refractivity contribution in [2.24, 2.45) is 0 Å². The van der Waals surface area contributed by atoms with Gasteiger partial charge in [0.25, 0.3) is 5.91 Å². The molecule has 1 aromatic carbocycles. The minimum atomic E-state index is -1.07. The van der Waals surface area contributed by atoms with Gasteiger partial charge in [0, 0.05) is 5.56 Å². The molecule has 1 aromatic rings.